The number of hydrogen-bond acceptors (Lipinski definition) is 1. The maximum atomic E-state index is 13.5. The van der Waals surface area contributed by atoms with Gasteiger partial charge in [-0.2, -0.15) is 0 Å². The monoisotopic (exact) mass is 278 g/mol. The summed E-state index contributed by atoms with van der Waals surface area (Å²) in [5.74, 6) is -0.205. The van der Waals surface area contributed by atoms with Crippen molar-refractivity contribution in [1.29, 1.82) is 0 Å². The molecule has 1 unspecified atom stereocenters. The second kappa shape index (κ2) is 4.44. The molecule has 2 nitrogen and oxygen atoms in total. The summed E-state index contributed by atoms with van der Waals surface area (Å²) in [6.45, 7) is 4.58. The van der Waals surface area contributed by atoms with Crippen molar-refractivity contribution in [3.8, 4) is 0 Å². The van der Waals surface area contributed by atoms with Gasteiger partial charge in [-0.1, -0.05) is 26.7 Å². The molecule has 0 aliphatic heterocycles. The molecule has 1 aliphatic rings. The molecular weight excluding hydrogens is 259 g/mol. The lowest BCUT2D eigenvalue weighted by molar-refractivity contribution is 0.146. The second-order valence-electron chi connectivity index (χ2n) is 6.21. The van der Waals surface area contributed by atoms with Gasteiger partial charge in [0, 0.05) is 6.04 Å². The van der Waals surface area contributed by atoms with Crippen LogP contribution in [0.1, 0.15) is 45.6 Å². The predicted molar refractivity (Wildman–Crippen MR) is 78.4 cm³/mol. The highest BCUT2D eigenvalue weighted by molar-refractivity contribution is 7.71. The van der Waals surface area contributed by atoms with E-state index in [0.29, 0.717) is 10.8 Å². The Morgan fingerprint density at radius 1 is 1.37 bits per heavy atom. The van der Waals surface area contributed by atoms with E-state index >= 15 is 0 Å². The fourth-order valence-corrected chi connectivity index (χ4v) is 3.69. The molecule has 1 N–H and O–H groups in total. The number of nitrogens with one attached hydrogen (secondary N) is 1. The molecule has 1 heterocycles. The van der Waals surface area contributed by atoms with E-state index in [9.17, 15) is 4.39 Å². The number of nitrogens with zero attached hydrogens (tertiary/aromatic N) is 1. The van der Waals surface area contributed by atoms with Gasteiger partial charge in [0.1, 0.15) is 5.82 Å². The van der Waals surface area contributed by atoms with E-state index in [4.69, 9.17) is 12.2 Å². The Bertz CT molecular complexity index is 668. The number of benzene rings is 1. The molecular formula is C15H19FN2S. The van der Waals surface area contributed by atoms with Gasteiger partial charge in [-0.25, -0.2) is 4.39 Å². The number of H-pyrrole nitrogens is 1. The largest absolute Gasteiger partial charge is 0.331 e. The van der Waals surface area contributed by atoms with Crippen molar-refractivity contribution in [3.63, 3.8) is 0 Å². The van der Waals surface area contributed by atoms with Crippen molar-refractivity contribution in [2.24, 2.45) is 5.41 Å². The maximum Gasteiger partial charge on any atom is 0.178 e. The van der Waals surface area contributed by atoms with Crippen molar-refractivity contribution in [3.05, 3.63) is 28.8 Å². The Hall–Kier alpha value is -1.16. The number of aromatic nitrogens is 2. The summed E-state index contributed by atoms with van der Waals surface area (Å²) in [4.78, 5) is 3.20. The van der Waals surface area contributed by atoms with Gasteiger partial charge in [0.25, 0.3) is 0 Å². The fraction of sp³-hybridized carbons (Fsp3) is 0.533. The molecule has 0 spiro atoms. The smallest absolute Gasteiger partial charge is 0.178 e. The van der Waals surface area contributed by atoms with Crippen LogP contribution >= 0.6 is 12.2 Å². The lowest BCUT2D eigenvalue weighted by atomic mass is 9.73. The number of rotatable bonds is 1. The first kappa shape index (κ1) is 12.9. The topological polar surface area (TPSA) is 20.7 Å². The van der Waals surface area contributed by atoms with Crippen molar-refractivity contribution in [1.82, 2.24) is 9.55 Å². The molecule has 0 bridgehead atoms. The molecule has 19 heavy (non-hydrogen) atoms. The third-order valence-corrected chi connectivity index (χ3v) is 4.74. The zero-order valence-electron chi connectivity index (χ0n) is 11.4. The molecule has 4 heteroatoms. The van der Waals surface area contributed by atoms with Gasteiger partial charge in [-0.05, 0) is 48.7 Å². The molecule has 0 radical (unpaired) electrons. The van der Waals surface area contributed by atoms with Crippen molar-refractivity contribution in [2.45, 2.75) is 45.6 Å². The number of aromatic amines is 1. The quantitative estimate of drug-likeness (QED) is 0.730. The second-order valence-corrected chi connectivity index (χ2v) is 6.60. The molecule has 2 aromatic rings. The van der Waals surface area contributed by atoms with Gasteiger partial charge in [-0.3, -0.25) is 0 Å². The fourth-order valence-electron chi connectivity index (χ4n) is 3.36. The molecule has 1 aromatic carbocycles. The van der Waals surface area contributed by atoms with Crippen LogP contribution in [0.4, 0.5) is 4.39 Å². The highest BCUT2D eigenvalue weighted by atomic mass is 32.1. The molecule has 0 amide bonds. The Morgan fingerprint density at radius 3 is 2.89 bits per heavy atom. The highest BCUT2D eigenvalue weighted by Crippen LogP contribution is 2.45. The average molecular weight is 278 g/mol. The van der Waals surface area contributed by atoms with E-state index in [1.807, 2.05) is 0 Å². The van der Waals surface area contributed by atoms with Gasteiger partial charge in [0.05, 0.1) is 11.0 Å². The zero-order chi connectivity index (χ0) is 13.6. The van der Waals surface area contributed by atoms with E-state index in [0.717, 1.165) is 17.5 Å². The van der Waals surface area contributed by atoms with Crippen LogP contribution in [-0.4, -0.2) is 9.55 Å². The molecule has 1 saturated carbocycles. The van der Waals surface area contributed by atoms with Crippen molar-refractivity contribution < 1.29 is 4.39 Å². The molecule has 1 aromatic heterocycles. The van der Waals surface area contributed by atoms with Gasteiger partial charge in [0.15, 0.2) is 4.77 Å². The average Bonchev–Trinajstić information content (AvgIpc) is 2.65. The predicted octanol–water partition coefficient (Wildman–Crippen LogP) is 4.98. The Morgan fingerprint density at radius 2 is 2.16 bits per heavy atom. The SMILES string of the molecule is CC1(C)CCCCC1n1c(=S)[nH]c2ccc(F)cc21. The van der Waals surface area contributed by atoms with Crippen LogP contribution in [-0.2, 0) is 0 Å². The molecule has 0 saturated heterocycles. The molecule has 1 atom stereocenters. The standard InChI is InChI=1S/C15H19FN2S/c1-15(2)8-4-3-5-13(15)18-12-9-10(16)6-7-11(12)17-14(18)19/h6-7,9,13H,3-5,8H2,1-2H3,(H,17,19). The summed E-state index contributed by atoms with van der Waals surface area (Å²) in [5, 5.41) is 0. The van der Waals surface area contributed by atoms with Crippen LogP contribution in [0.15, 0.2) is 18.2 Å². The first-order chi connectivity index (χ1) is 8.99. The summed E-state index contributed by atoms with van der Waals surface area (Å²) in [6, 6.07) is 5.19. The Labute approximate surface area is 117 Å². The minimum absolute atomic E-state index is 0.205. The van der Waals surface area contributed by atoms with E-state index in [2.05, 4.69) is 23.4 Å². The first-order valence-electron chi connectivity index (χ1n) is 6.89. The van der Waals surface area contributed by atoms with Gasteiger partial charge < -0.3 is 9.55 Å². The normalized spacial score (nSPS) is 22.8. The Balaban J connectivity index is 2.21. The summed E-state index contributed by atoms with van der Waals surface area (Å²) >= 11 is 5.46. The van der Waals surface area contributed by atoms with Gasteiger partial charge in [0.2, 0.25) is 0 Å². The summed E-state index contributed by atoms with van der Waals surface area (Å²) in [7, 11) is 0. The lowest BCUT2D eigenvalue weighted by Crippen LogP contribution is -2.30. The van der Waals surface area contributed by atoms with Crippen LogP contribution in [0.2, 0.25) is 0 Å². The number of fused-ring (bicyclic) bond motifs is 1. The minimum Gasteiger partial charge on any atom is -0.331 e. The number of hydrogen-bond donors (Lipinski definition) is 1. The van der Waals surface area contributed by atoms with E-state index in [1.54, 1.807) is 12.1 Å². The zero-order valence-corrected chi connectivity index (χ0v) is 12.2. The number of halogens is 1. The van der Waals surface area contributed by atoms with Gasteiger partial charge in [-0.15, -0.1) is 0 Å². The lowest BCUT2D eigenvalue weighted by Gasteiger charge is -2.39. The highest BCUT2D eigenvalue weighted by Gasteiger charge is 2.34. The minimum atomic E-state index is -0.205. The van der Waals surface area contributed by atoms with E-state index in [-0.39, 0.29) is 11.2 Å². The third-order valence-electron chi connectivity index (χ3n) is 4.44. The van der Waals surface area contributed by atoms with Crippen LogP contribution < -0.4 is 0 Å². The van der Waals surface area contributed by atoms with Gasteiger partial charge >= 0.3 is 0 Å². The first-order valence-corrected chi connectivity index (χ1v) is 7.30. The molecule has 1 fully saturated rings. The number of imidazole rings is 1. The molecule has 1 aliphatic carbocycles. The summed E-state index contributed by atoms with van der Waals surface area (Å²) in [5.41, 5.74) is 2.02. The van der Waals surface area contributed by atoms with Crippen LogP contribution in [0, 0.1) is 16.0 Å². The summed E-state index contributed by atoms with van der Waals surface area (Å²) < 4.78 is 16.4. The van der Waals surface area contributed by atoms with Crippen molar-refractivity contribution >= 4 is 23.3 Å². The van der Waals surface area contributed by atoms with Crippen LogP contribution in [0.3, 0.4) is 0 Å². The molecule has 102 valence electrons. The van der Waals surface area contributed by atoms with Crippen molar-refractivity contribution in [2.75, 3.05) is 0 Å². The Kier molecular flexibility index (Phi) is 3.01. The van der Waals surface area contributed by atoms with E-state index in [1.165, 1.54) is 25.3 Å². The van der Waals surface area contributed by atoms with Crippen LogP contribution in [0.25, 0.3) is 11.0 Å². The maximum absolute atomic E-state index is 13.5. The third kappa shape index (κ3) is 2.12. The summed E-state index contributed by atoms with van der Waals surface area (Å²) in [6.07, 6.45) is 4.80. The molecule has 3 rings (SSSR count). The van der Waals surface area contributed by atoms with E-state index < -0.39 is 0 Å². The van der Waals surface area contributed by atoms with Crippen LogP contribution in [0.5, 0.6) is 0 Å².